The van der Waals surface area contributed by atoms with Crippen molar-refractivity contribution in [1.29, 1.82) is 0 Å². The molecular formula is C10H14O. The molecule has 1 nitrogen and oxygen atoms in total. The predicted octanol–water partition coefficient (Wildman–Crippen LogP) is 2.49. The molecule has 0 N–H and O–H groups in total. The molecule has 0 aliphatic heterocycles. The lowest BCUT2D eigenvalue weighted by molar-refractivity contribution is -0.111. The summed E-state index contributed by atoms with van der Waals surface area (Å²) >= 11 is 0. The Morgan fingerprint density at radius 3 is 2.82 bits per heavy atom. The van der Waals surface area contributed by atoms with Crippen LogP contribution < -0.4 is 0 Å². The molecule has 1 aliphatic rings. The third-order valence-corrected chi connectivity index (χ3v) is 1.71. The van der Waals surface area contributed by atoms with Crippen molar-refractivity contribution in [3.8, 4) is 0 Å². The van der Waals surface area contributed by atoms with Crippen LogP contribution in [-0.2, 0) is 4.79 Å². The van der Waals surface area contributed by atoms with Gasteiger partial charge >= 0.3 is 0 Å². The van der Waals surface area contributed by atoms with Gasteiger partial charge in [-0.15, -0.1) is 0 Å². The molecule has 0 spiro atoms. The van der Waals surface area contributed by atoms with Crippen LogP contribution in [0.1, 0.15) is 26.7 Å². The monoisotopic (exact) mass is 150 g/mol. The first-order valence-electron chi connectivity index (χ1n) is 4.10. The maximum absolute atomic E-state index is 11.2. The second-order valence-electron chi connectivity index (χ2n) is 3.33. The summed E-state index contributed by atoms with van der Waals surface area (Å²) < 4.78 is 0. The lowest BCUT2D eigenvalue weighted by atomic mass is 9.96. The van der Waals surface area contributed by atoms with Crippen LogP contribution in [-0.4, -0.2) is 5.78 Å². The highest BCUT2D eigenvalue weighted by Gasteiger charge is 2.09. The first-order valence-corrected chi connectivity index (χ1v) is 4.10. The maximum atomic E-state index is 11.2. The van der Waals surface area contributed by atoms with Crippen molar-refractivity contribution in [3.63, 3.8) is 0 Å². The number of hydrogen-bond acceptors (Lipinski definition) is 1. The van der Waals surface area contributed by atoms with E-state index in [1.165, 1.54) is 0 Å². The van der Waals surface area contributed by atoms with Crippen LogP contribution in [0, 0.1) is 5.92 Å². The van der Waals surface area contributed by atoms with Crippen LogP contribution in [0.25, 0.3) is 0 Å². The minimum atomic E-state index is 0.199. The summed E-state index contributed by atoms with van der Waals surface area (Å²) in [6.07, 6.45) is 7.46. The predicted molar refractivity (Wildman–Crippen MR) is 46.3 cm³/mol. The van der Waals surface area contributed by atoms with E-state index in [1.807, 2.05) is 12.2 Å². The molecule has 11 heavy (non-hydrogen) atoms. The van der Waals surface area contributed by atoms with Crippen LogP contribution in [0.3, 0.4) is 0 Å². The molecule has 0 atom stereocenters. The molecule has 0 fully saturated rings. The van der Waals surface area contributed by atoms with E-state index in [0.717, 1.165) is 18.4 Å². The molecule has 0 aromatic carbocycles. The van der Waals surface area contributed by atoms with Crippen LogP contribution >= 0.6 is 0 Å². The highest BCUT2D eigenvalue weighted by molar-refractivity contribution is 6.04. The third kappa shape index (κ3) is 2.34. The van der Waals surface area contributed by atoms with Crippen LogP contribution in [0.4, 0.5) is 0 Å². The van der Waals surface area contributed by atoms with E-state index in [1.54, 1.807) is 6.08 Å². The Morgan fingerprint density at radius 2 is 2.27 bits per heavy atom. The first kappa shape index (κ1) is 8.25. The smallest absolute Gasteiger partial charge is 0.181 e. The molecule has 0 heterocycles. The quantitative estimate of drug-likeness (QED) is 0.591. The fraction of sp³-hybridized carbons (Fsp3) is 0.500. The van der Waals surface area contributed by atoms with E-state index in [2.05, 4.69) is 13.8 Å². The average Bonchev–Trinajstić information content (AvgIpc) is 1.93. The number of allylic oxidation sites excluding steroid dienone is 4. The average molecular weight is 150 g/mol. The zero-order chi connectivity index (χ0) is 8.27. The summed E-state index contributed by atoms with van der Waals surface area (Å²) in [5.41, 5.74) is 0.988. The van der Waals surface area contributed by atoms with Gasteiger partial charge in [-0.2, -0.15) is 0 Å². The van der Waals surface area contributed by atoms with Gasteiger partial charge < -0.3 is 0 Å². The zero-order valence-corrected chi connectivity index (χ0v) is 7.13. The summed E-state index contributed by atoms with van der Waals surface area (Å²) in [6, 6.07) is 0. The SMILES string of the molecule is CC(C)CC1=CCC=CC1=O. The van der Waals surface area contributed by atoms with Crippen molar-refractivity contribution in [2.24, 2.45) is 5.92 Å². The molecule has 60 valence electrons. The van der Waals surface area contributed by atoms with Gasteiger partial charge in [-0.3, -0.25) is 4.79 Å². The minimum Gasteiger partial charge on any atom is -0.290 e. The van der Waals surface area contributed by atoms with Gasteiger partial charge in [0, 0.05) is 0 Å². The molecule has 1 heteroatoms. The summed E-state index contributed by atoms with van der Waals surface area (Å²) in [6.45, 7) is 4.26. The number of carbonyl (C=O) groups excluding carboxylic acids is 1. The van der Waals surface area contributed by atoms with Gasteiger partial charge in [-0.05, 0) is 30.4 Å². The van der Waals surface area contributed by atoms with E-state index in [4.69, 9.17) is 0 Å². The van der Waals surface area contributed by atoms with E-state index in [9.17, 15) is 4.79 Å². The molecule has 0 unspecified atom stereocenters. The van der Waals surface area contributed by atoms with E-state index < -0.39 is 0 Å². The summed E-state index contributed by atoms with van der Waals surface area (Å²) in [5.74, 6) is 0.779. The van der Waals surface area contributed by atoms with Gasteiger partial charge in [0.2, 0.25) is 0 Å². The van der Waals surface area contributed by atoms with Crippen molar-refractivity contribution in [2.75, 3.05) is 0 Å². The highest BCUT2D eigenvalue weighted by atomic mass is 16.1. The van der Waals surface area contributed by atoms with Crippen LogP contribution in [0.5, 0.6) is 0 Å². The van der Waals surface area contributed by atoms with Crippen LogP contribution in [0.15, 0.2) is 23.8 Å². The molecule has 0 radical (unpaired) electrons. The Kier molecular flexibility index (Phi) is 2.64. The molecule has 0 aromatic heterocycles. The lowest BCUT2D eigenvalue weighted by Crippen LogP contribution is -2.04. The van der Waals surface area contributed by atoms with Gasteiger partial charge in [0.25, 0.3) is 0 Å². The van der Waals surface area contributed by atoms with Gasteiger partial charge in [-0.25, -0.2) is 0 Å². The number of ketones is 1. The topological polar surface area (TPSA) is 17.1 Å². The third-order valence-electron chi connectivity index (χ3n) is 1.71. The largest absolute Gasteiger partial charge is 0.290 e. The zero-order valence-electron chi connectivity index (χ0n) is 7.13. The normalized spacial score (nSPS) is 17.4. The van der Waals surface area contributed by atoms with Gasteiger partial charge in [0.15, 0.2) is 5.78 Å². The molecule has 0 saturated heterocycles. The van der Waals surface area contributed by atoms with E-state index in [0.29, 0.717) is 5.92 Å². The Bertz CT molecular complexity index is 209. The van der Waals surface area contributed by atoms with Crippen molar-refractivity contribution in [1.82, 2.24) is 0 Å². The van der Waals surface area contributed by atoms with Gasteiger partial charge in [-0.1, -0.05) is 26.0 Å². The number of rotatable bonds is 2. The first-order chi connectivity index (χ1) is 5.20. The highest BCUT2D eigenvalue weighted by Crippen LogP contribution is 2.16. The molecule has 1 rings (SSSR count). The number of carbonyl (C=O) groups is 1. The van der Waals surface area contributed by atoms with Gasteiger partial charge in [0.05, 0.1) is 0 Å². The van der Waals surface area contributed by atoms with E-state index >= 15 is 0 Å². The summed E-state index contributed by atoms with van der Waals surface area (Å²) in [5, 5.41) is 0. The van der Waals surface area contributed by atoms with Gasteiger partial charge in [0.1, 0.15) is 0 Å². The Labute approximate surface area is 67.8 Å². The number of hydrogen-bond donors (Lipinski definition) is 0. The molecule has 0 saturated carbocycles. The Morgan fingerprint density at radius 1 is 1.55 bits per heavy atom. The van der Waals surface area contributed by atoms with Crippen LogP contribution in [0.2, 0.25) is 0 Å². The van der Waals surface area contributed by atoms with Crippen molar-refractivity contribution in [3.05, 3.63) is 23.8 Å². The standard InChI is InChI=1S/C10H14O/c1-8(2)7-9-5-3-4-6-10(9)11/h4-6,8H,3,7H2,1-2H3. The fourth-order valence-electron chi connectivity index (χ4n) is 1.22. The van der Waals surface area contributed by atoms with Crippen molar-refractivity contribution in [2.45, 2.75) is 26.7 Å². The van der Waals surface area contributed by atoms with E-state index in [-0.39, 0.29) is 5.78 Å². The summed E-state index contributed by atoms with van der Waals surface area (Å²) in [7, 11) is 0. The molecular weight excluding hydrogens is 136 g/mol. The lowest BCUT2D eigenvalue weighted by Gasteiger charge is -2.08. The molecule has 1 aliphatic carbocycles. The molecule has 0 aromatic rings. The Hall–Kier alpha value is -0.850. The molecule has 0 amide bonds. The minimum absolute atomic E-state index is 0.199. The maximum Gasteiger partial charge on any atom is 0.181 e. The van der Waals surface area contributed by atoms with Crippen molar-refractivity contribution < 1.29 is 4.79 Å². The second kappa shape index (κ2) is 3.51. The van der Waals surface area contributed by atoms with Crippen molar-refractivity contribution >= 4 is 5.78 Å². The molecule has 0 bridgehead atoms. The fourth-order valence-corrected chi connectivity index (χ4v) is 1.22. The summed E-state index contributed by atoms with van der Waals surface area (Å²) in [4.78, 5) is 11.2. The Balaban J connectivity index is 2.57. The second-order valence-corrected chi connectivity index (χ2v) is 3.33.